The second-order valence-corrected chi connectivity index (χ2v) is 4.23. The van der Waals surface area contributed by atoms with Crippen LogP contribution >= 0.6 is 36.6 Å². The predicted molar refractivity (Wildman–Crippen MR) is 62.6 cm³/mol. The van der Waals surface area contributed by atoms with Gasteiger partial charge in [0.15, 0.2) is 0 Å². The van der Waals surface area contributed by atoms with Gasteiger partial charge in [-0.05, 0) is 11.0 Å². The second-order valence-electron chi connectivity index (χ2n) is 2.67. The van der Waals surface area contributed by atoms with Crippen LogP contribution in [-0.4, -0.2) is 11.0 Å². The minimum Gasteiger partial charge on any atom is -0.269 e. The molecule has 0 amide bonds. The Bertz CT molecular complexity index is 167. The monoisotopic (exact) mass is 273 g/mol. The number of rotatable bonds is 3. The van der Waals surface area contributed by atoms with Crippen molar-refractivity contribution >= 4 is 36.6 Å². The van der Waals surface area contributed by atoms with Gasteiger partial charge < -0.3 is 0 Å². The first-order valence-electron chi connectivity index (χ1n) is 3.67. The van der Waals surface area contributed by atoms with Crippen LogP contribution in [0.25, 0.3) is 0 Å². The summed E-state index contributed by atoms with van der Waals surface area (Å²) in [6.45, 7) is 4.45. The van der Waals surface area contributed by atoms with Crippen LogP contribution in [0, 0.1) is 6.08 Å². The van der Waals surface area contributed by atoms with Crippen LogP contribution in [0.3, 0.4) is 0 Å². The van der Waals surface area contributed by atoms with Crippen molar-refractivity contribution in [3.05, 3.63) is 23.8 Å². The number of allylic oxidation sites excluding steroid dienone is 3. The molecule has 0 aromatic heterocycles. The summed E-state index contributed by atoms with van der Waals surface area (Å²) in [7, 11) is 0. The van der Waals surface area contributed by atoms with Crippen LogP contribution in [0.2, 0.25) is 0 Å². The second kappa shape index (κ2) is 11.2. The van der Waals surface area contributed by atoms with Gasteiger partial charge in [-0.2, -0.15) is 17.8 Å². The molecule has 0 spiro atoms. The minimum atomic E-state index is 0. The molecule has 4 heteroatoms. The van der Waals surface area contributed by atoms with E-state index in [1.54, 1.807) is 0 Å². The fraction of sp³-hybridized carbons (Fsp3) is 0.556. The van der Waals surface area contributed by atoms with Gasteiger partial charge in [-0.15, -0.1) is 31.2 Å². The molecule has 13 heavy (non-hydrogen) atoms. The molecule has 1 aliphatic rings. The summed E-state index contributed by atoms with van der Waals surface area (Å²) in [6.07, 6.45) is 8.66. The van der Waals surface area contributed by atoms with Crippen molar-refractivity contribution < 1.29 is 21.7 Å². The maximum atomic E-state index is 3.30. The van der Waals surface area contributed by atoms with E-state index in [0.29, 0.717) is 0 Å². The molecule has 0 N–H and O–H groups in total. The van der Waals surface area contributed by atoms with Crippen molar-refractivity contribution in [1.29, 1.82) is 0 Å². The van der Waals surface area contributed by atoms with Crippen LogP contribution in [0.15, 0.2) is 17.7 Å². The average Bonchev–Trinajstić information content (AvgIpc) is 2.34. The van der Waals surface area contributed by atoms with Gasteiger partial charge in [0.25, 0.3) is 0 Å². The van der Waals surface area contributed by atoms with E-state index >= 15 is 0 Å². The van der Waals surface area contributed by atoms with Crippen molar-refractivity contribution in [3.8, 4) is 0 Å². The van der Waals surface area contributed by atoms with Gasteiger partial charge in [-0.25, -0.2) is 11.6 Å². The van der Waals surface area contributed by atoms with Crippen LogP contribution in [0.4, 0.5) is 0 Å². The molecule has 0 radical (unpaired) electrons. The molecule has 0 aliphatic heterocycles. The summed E-state index contributed by atoms with van der Waals surface area (Å²) in [5.74, 6) is 1.13. The molecular weight excluding hydrogens is 259 g/mol. The largest absolute Gasteiger partial charge is 0.269 e. The minimum absolute atomic E-state index is 0. The van der Waals surface area contributed by atoms with Crippen molar-refractivity contribution in [1.82, 2.24) is 0 Å². The molecule has 0 saturated carbocycles. The van der Waals surface area contributed by atoms with Crippen LogP contribution < -0.4 is 0 Å². The molecular formula is C9H15Cl2STi-. The SMILES string of the molecule is CC(C)SCC1=[C-]CC=C1.Cl.Cl.[Ti]. The Morgan fingerprint density at radius 1 is 1.46 bits per heavy atom. The van der Waals surface area contributed by atoms with Crippen LogP contribution in [0.1, 0.15) is 20.3 Å². The third-order valence-electron chi connectivity index (χ3n) is 1.34. The topological polar surface area (TPSA) is 0 Å². The first-order chi connectivity index (χ1) is 4.79. The number of halogens is 2. The van der Waals surface area contributed by atoms with E-state index in [1.807, 2.05) is 11.8 Å². The average molecular weight is 274 g/mol. The van der Waals surface area contributed by atoms with E-state index in [1.165, 1.54) is 5.57 Å². The zero-order valence-corrected chi connectivity index (χ0v) is 11.9. The first-order valence-corrected chi connectivity index (χ1v) is 4.72. The summed E-state index contributed by atoms with van der Waals surface area (Å²) in [4.78, 5) is 0. The van der Waals surface area contributed by atoms with E-state index in [0.717, 1.165) is 17.4 Å². The fourth-order valence-corrected chi connectivity index (χ4v) is 1.52. The van der Waals surface area contributed by atoms with Gasteiger partial charge in [0, 0.05) is 21.7 Å². The normalized spacial score (nSPS) is 12.7. The summed E-state index contributed by atoms with van der Waals surface area (Å²) in [5.41, 5.74) is 1.37. The van der Waals surface area contributed by atoms with E-state index in [9.17, 15) is 0 Å². The molecule has 0 fully saturated rings. The molecule has 0 nitrogen and oxygen atoms in total. The zero-order chi connectivity index (χ0) is 7.40. The Kier molecular flexibility index (Phi) is 16.9. The molecule has 0 saturated heterocycles. The molecule has 1 rings (SSSR count). The molecule has 0 aromatic carbocycles. The third-order valence-corrected chi connectivity index (χ3v) is 2.48. The Labute approximate surface area is 113 Å². The van der Waals surface area contributed by atoms with Gasteiger partial charge >= 0.3 is 0 Å². The molecule has 0 unspecified atom stereocenters. The van der Waals surface area contributed by atoms with Gasteiger partial charge in [0.1, 0.15) is 0 Å². The van der Waals surface area contributed by atoms with Crippen molar-refractivity contribution in [3.63, 3.8) is 0 Å². The standard InChI is InChI=1S/C9H13S.2ClH.Ti/c1-8(2)10-7-9-5-3-4-6-9;;;/h3,5,8H,4,7H2,1-2H3;2*1H;/q-1;;;. The molecule has 0 heterocycles. The zero-order valence-electron chi connectivity index (χ0n) is 7.87. The molecule has 1 aliphatic carbocycles. The van der Waals surface area contributed by atoms with E-state index in [4.69, 9.17) is 0 Å². The summed E-state index contributed by atoms with van der Waals surface area (Å²) in [5, 5.41) is 0.739. The summed E-state index contributed by atoms with van der Waals surface area (Å²) in [6, 6.07) is 0. The number of hydrogen-bond acceptors (Lipinski definition) is 1. The van der Waals surface area contributed by atoms with Gasteiger partial charge in [-0.1, -0.05) is 13.8 Å². The van der Waals surface area contributed by atoms with Crippen LogP contribution in [-0.2, 0) is 21.7 Å². The van der Waals surface area contributed by atoms with Gasteiger partial charge in [0.2, 0.25) is 0 Å². The molecule has 0 atom stereocenters. The quantitative estimate of drug-likeness (QED) is 0.559. The maximum Gasteiger partial charge on any atom is 0 e. The van der Waals surface area contributed by atoms with Gasteiger partial charge in [0.05, 0.1) is 0 Å². The Hall–Kier alpha value is 1.12. The van der Waals surface area contributed by atoms with Crippen LogP contribution in [0.5, 0.6) is 0 Å². The number of thioether (sulfide) groups is 1. The van der Waals surface area contributed by atoms with E-state index < -0.39 is 0 Å². The number of hydrogen-bond donors (Lipinski definition) is 0. The third kappa shape index (κ3) is 9.43. The Morgan fingerprint density at radius 2 is 2.08 bits per heavy atom. The molecule has 76 valence electrons. The molecule has 0 bridgehead atoms. The Balaban J connectivity index is -0.000000333. The van der Waals surface area contributed by atoms with Crippen molar-refractivity contribution in [2.24, 2.45) is 0 Å². The summed E-state index contributed by atoms with van der Waals surface area (Å²) < 4.78 is 0. The van der Waals surface area contributed by atoms with Crippen molar-refractivity contribution in [2.75, 3.05) is 5.75 Å². The smallest absolute Gasteiger partial charge is 0 e. The summed E-state index contributed by atoms with van der Waals surface area (Å²) >= 11 is 1.98. The van der Waals surface area contributed by atoms with Gasteiger partial charge in [-0.3, -0.25) is 6.08 Å². The van der Waals surface area contributed by atoms with E-state index in [2.05, 4.69) is 32.1 Å². The maximum absolute atomic E-state index is 3.30. The molecule has 0 aromatic rings. The fourth-order valence-electron chi connectivity index (χ4n) is 0.806. The van der Waals surface area contributed by atoms with Crippen molar-refractivity contribution in [2.45, 2.75) is 25.5 Å². The van der Waals surface area contributed by atoms with E-state index in [-0.39, 0.29) is 46.5 Å². The first kappa shape index (κ1) is 19.7. The predicted octanol–water partition coefficient (Wildman–Crippen LogP) is 3.66. The Morgan fingerprint density at radius 3 is 2.46 bits per heavy atom.